The summed E-state index contributed by atoms with van der Waals surface area (Å²) in [6.07, 6.45) is 9.72. The largest absolute Gasteiger partial charge is 0.340 e. The lowest BCUT2D eigenvalue weighted by Gasteiger charge is -2.34. The molecule has 25 heavy (non-hydrogen) atoms. The van der Waals surface area contributed by atoms with E-state index in [9.17, 15) is 10.1 Å². The minimum absolute atomic E-state index is 0.0435. The first kappa shape index (κ1) is 15.2. The highest BCUT2D eigenvalue weighted by atomic mass is 16.7. The van der Waals surface area contributed by atoms with E-state index in [1.54, 1.807) is 0 Å². The standard InChI is InChI=1S/C20H25N3O2/c24-23(25)22-12-11-21-18-10-9-15(14-5-2-1-3-6-14)13-17(18)16-7-4-8-19(22)20(16)21/h9-10,13-14,19H,1-8,11-12H2. The predicted molar refractivity (Wildman–Crippen MR) is 97.1 cm³/mol. The number of nitrogens with zero attached hydrogens (tertiary/aromatic N) is 3. The van der Waals surface area contributed by atoms with Crippen molar-refractivity contribution in [3.05, 3.63) is 45.1 Å². The van der Waals surface area contributed by atoms with E-state index >= 15 is 0 Å². The monoisotopic (exact) mass is 339 g/mol. The molecule has 132 valence electrons. The summed E-state index contributed by atoms with van der Waals surface area (Å²) >= 11 is 0. The Morgan fingerprint density at radius 2 is 1.88 bits per heavy atom. The zero-order chi connectivity index (χ0) is 17.0. The fourth-order valence-electron chi connectivity index (χ4n) is 5.49. The third-order valence-corrected chi connectivity index (χ3v) is 6.66. The van der Waals surface area contributed by atoms with Gasteiger partial charge in [-0.3, -0.25) is 0 Å². The van der Waals surface area contributed by atoms with Crippen LogP contribution in [0.2, 0.25) is 0 Å². The molecular formula is C20H25N3O2. The number of hydrogen-bond acceptors (Lipinski definition) is 2. The SMILES string of the molecule is O=[N+]([O-])N1CCn2c3c(c4cc(C5CCCCC5)ccc42)CCCC31. The molecule has 1 atom stereocenters. The first-order valence-corrected chi connectivity index (χ1v) is 9.80. The number of hydrazine groups is 1. The quantitative estimate of drug-likeness (QED) is 0.595. The first-order chi connectivity index (χ1) is 12.2. The fourth-order valence-corrected chi connectivity index (χ4v) is 5.49. The number of hydrogen-bond donors (Lipinski definition) is 0. The van der Waals surface area contributed by atoms with E-state index in [2.05, 4.69) is 22.8 Å². The molecule has 0 spiro atoms. The van der Waals surface area contributed by atoms with Gasteiger partial charge in [0.15, 0.2) is 5.03 Å². The molecule has 5 heteroatoms. The van der Waals surface area contributed by atoms with Gasteiger partial charge in [-0.1, -0.05) is 25.3 Å². The van der Waals surface area contributed by atoms with Gasteiger partial charge >= 0.3 is 0 Å². The lowest BCUT2D eigenvalue weighted by atomic mass is 9.83. The van der Waals surface area contributed by atoms with Crippen molar-refractivity contribution in [2.24, 2.45) is 0 Å². The molecule has 5 nitrogen and oxygen atoms in total. The summed E-state index contributed by atoms with van der Waals surface area (Å²) in [4.78, 5) is 11.5. The summed E-state index contributed by atoms with van der Waals surface area (Å²) in [5.41, 5.74) is 5.39. The first-order valence-electron chi connectivity index (χ1n) is 9.80. The molecule has 1 aliphatic heterocycles. The molecule has 1 unspecified atom stereocenters. The smallest absolute Gasteiger partial charge is 0.160 e. The van der Waals surface area contributed by atoms with E-state index in [-0.39, 0.29) is 11.1 Å². The zero-order valence-electron chi connectivity index (χ0n) is 14.6. The Bertz CT molecular complexity index is 835. The van der Waals surface area contributed by atoms with Crippen LogP contribution < -0.4 is 0 Å². The molecule has 2 aliphatic carbocycles. The van der Waals surface area contributed by atoms with E-state index in [4.69, 9.17) is 0 Å². The number of aromatic nitrogens is 1. The Morgan fingerprint density at radius 1 is 1.04 bits per heavy atom. The van der Waals surface area contributed by atoms with E-state index < -0.39 is 0 Å². The Kier molecular flexibility index (Phi) is 3.50. The Morgan fingerprint density at radius 3 is 2.68 bits per heavy atom. The average Bonchev–Trinajstić information content (AvgIpc) is 2.98. The molecule has 5 rings (SSSR count). The van der Waals surface area contributed by atoms with Crippen molar-refractivity contribution in [3.8, 4) is 0 Å². The van der Waals surface area contributed by atoms with Crippen LogP contribution in [0.25, 0.3) is 10.9 Å². The maximum Gasteiger partial charge on any atom is 0.160 e. The van der Waals surface area contributed by atoms with E-state index in [0.717, 1.165) is 25.8 Å². The molecule has 0 saturated heterocycles. The third kappa shape index (κ3) is 2.28. The summed E-state index contributed by atoms with van der Waals surface area (Å²) < 4.78 is 2.37. The highest BCUT2D eigenvalue weighted by Gasteiger charge is 2.39. The van der Waals surface area contributed by atoms with Gasteiger partial charge in [0.05, 0.1) is 12.2 Å². The van der Waals surface area contributed by atoms with Gasteiger partial charge in [-0.25, -0.2) is 10.1 Å². The van der Waals surface area contributed by atoms with Crippen molar-refractivity contribution in [2.45, 2.75) is 69.9 Å². The summed E-state index contributed by atoms with van der Waals surface area (Å²) in [6.45, 7) is 1.24. The van der Waals surface area contributed by atoms with Crippen LogP contribution in [0.5, 0.6) is 0 Å². The lowest BCUT2D eigenvalue weighted by Crippen LogP contribution is -2.43. The Balaban J connectivity index is 1.64. The number of rotatable bonds is 2. The fraction of sp³-hybridized carbons (Fsp3) is 0.600. The average molecular weight is 339 g/mol. The molecule has 0 radical (unpaired) electrons. The van der Waals surface area contributed by atoms with Gasteiger partial charge in [0, 0.05) is 17.4 Å². The van der Waals surface area contributed by atoms with Crippen molar-refractivity contribution in [1.29, 1.82) is 0 Å². The van der Waals surface area contributed by atoms with Gasteiger partial charge in [0.1, 0.15) is 6.04 Å². The summed E-state index contributed by atoms with van der Waals surface area (Å²) in [5, 5.41) is 14.1. The maximum atomic E-state index is 11.5. The third-order valence-electron chi connectivity index (χ3n) is 6.66. The summed E-state index contributed by atoms with van der Waals surface area (Å²) in [5.74, 6) is 0.705. The molecule has 0 amide bonds. The molecule has 0 N–H and O–H groups in total. The van der Waals surface area contributed by atoms with E-state index in [1.165, 1.54) is 64.8 Å². The van der Waals surface area contributed by atoms with Crippen LogP contribution in [-0.4, -0.2) is 21.2 Å². The van der Waals surface area contributed by atoms with Crippen molar-refractivity contribution >= 4 is 10.9 Å². The minimum Gasteiger partial charge on any atom is -0.340 e. The molecule has 1 saturated carbocycles. The number of aryl methyl sites for hydroxylation is 1. The van der Waals surface area contributed by atoms with Gasteiger partial charge in [-0.2, -0.15) is 0 Å². The van der Waals surface area contributed by atoms with Crippen LogP contribution in [-0.2, 0) is 13.0 Å². The van der Waals surface area contributed by atoms with Gasteiger partial charge in [-0.15, -0.1) is 5.01 Å². The molecule has 1 aromatic heterocycles. The van der Waals surface area contributed by atoms with Gasteiger partial charge < -0.3 is 4.57 Å². The number of benzene rings is 1. The Labute approximate surface area is 147 Å². The summed E-state index contributed by atoms with van der Waals surface area (Å²) in [7, 11) is 0. The zero-order valence-corrected chi connectivity index (χ0v) is 14.6. The molecule has 1 aromatic carbocycles. The van der Waals surface area contributed by atoms with E-state index in [0.29, 0.717) is 12.5 Å². The van der Waals surface area contributed by atoms with Crippen molar-refractivity contribution in [3.63, 3.8) is 0 Å². The van der Waals surface area contributed by atoms with Gasteiger partial charge in [0.2, 0.25) is 0 Å². The van der Waals surface area contributed by atoms with Crippen LogP contribution in [0.1, 0.15) is 73.7 Å². The lowest BCUT2D eigenvalue weighted by molar-refractivity contribution is -0.668. The predicted octanol–water partition coefficient (Wildman–Crippen LogP) is 4.57. The number of fused-ring (bicyclic) bond motifs is 3. The van der Waals surface area contributed by atoms with Crippen molar-refractivity contribution in [1.82, 2.24) is 9.58 Å². The molecule has 2 heterocycles. The second kappa shape index (κ2) is 5.75. The topological polar surface area (TPSA) is 51.3 Å². The van der Waals surface area contributed by atoms with Crippen LogP contribution in [0.3, 0.4) is 0 Å². The van der Waals surface area contributed by atoms with Crippen LogP contribution in [0, 0.1) is 10.1 Å². The second-order valence-corrected chi connectivity index (χ2v) is 7.94. The second-order valence-electron chi connectivity index (χ2n) is 7.94. The van der Waals surface area contributed by atoms with Gasteiger partial charge in [-0.05, 0) is 61.3 Å². The normalized spacial score (nSPS) is 23.7. The molecular weight excluding hydrogens is 314 g/mol. The van der Waals surface area contributed by atoms with E-state index in [1.807, 2.05) is 0 Å². The maximum absolute atomic E-state index is 11.5. The van der Waals surface area contributed by atoms with Crippen molar-refractivity contribution < 1.29 is 5.03 Å². The van der Waals surface area contributed by atoms with Crippen LogP contribution in [0.4, 0.5) is 0 Å². The molecule has 2 aromatic rings. The molecule has 0 bridgehead atoms. The highest BCUT2D eigenvalue weighted by Crippen LogP contribution is 2.43. The minimum atomic E-state index is -0.186. The molecule has 1 fully saturated rings. The summed E-state index contributed by atoms with van der Waals surface area (Å²) in [6, 6.07) is 6.99. The van der Waals surface area contributed by atoms with Crippen molar-refractivity contribution in [2.75, 3.05) is 6.54 Å². The van der Waals surface area contributed by atoms with Crippen LogP contribution >= 0.6 is 0 Å². The van der Waals surface area contributed by atoms with Crippen LogP contribution in [0.15, 0.2) is 18.2 Å². The van der Waals surface area contributed by atoms with Gasteiger partial charge in [0.25, 0.3) is 0 Å². The number of nitro groups is 1. The Hall–Kier alpha value is -2.04. The highest BCUT2D eigenvalue weighted by molar-refractivity contribution is 5.87. The molecule has 3 aliphatic rings.